The molecular weight excluding hydrogens is 357 g/mol. The Morgan fingerprint density at radius 1 is 1.15 bits per heavy atom. The molecule has 1 aromatic carbocycles. The zero-order chi connectivity index (χ0) is 19.7. The Morgan fingerprint density at radius 2 is 1.78 bits per heavy atom. The first-order chi connectivity index (χ1) is 12.9. The topological polar surface area (TPSA) is 48.9 Å². The van der Waals surface area contributed by atoms with Gasteiger partial charge in [-0.3, -0.25) is 4.99 Å². The third kappa shape index (κ3) is 8.62. The van der Waals surface area contributed by atoms with Gasteiger partial charge in [-0.15, -0.1) is 0 Å². The van der Waals surface area contributed by atoms with Crippen LogP contribution in [0.15, 0.2) is 29.3 Å². The van der Waals surface area contributed by atoms with Gasteiger partial charge in [0.05, 0.1) is 6.61 Å². The maximum atomic E-state index is 12.1. The fourth-order valence-corrected chi connectivity index (χ4v) is 2.95. The predicted molar refractivity (Wildman–Crippen MR) is 101 cm³/mol. The molecule has 1 fully saturated rings. The quantitative estimate of drug-likeness (QED) is 0.559. The SMILES string of the molecule is CN=C(NCc1ccc(COCC(F)(F)F)cc1)NCC1CCN(C)CC1. The van der Waals surface area contributed by atoms with Crippen LogP contribution in [0.3, 0.4) is 0 Å². The van der Waals surface area contributed by atoms with Gasteiger partial charge in [-0.05, 0) is 50.0 Å². The molecule has 8 heteroatoms. The van der Waals surface area contributed by atoms with Crippen LogP contribution in [0.25, 0.3) is 0 Å². The summed E-state index contributed by atoms with van der Waals surface area (Å²) in [5.41, 5.74) is 1.74. The molecule has 1 aliphatic heterocycles. The molecule has 2 N–H and O–H groups in total. The lowest BCUT2D eigenvalue weighted by molar-refractivity contribution is -0.176. The second-order valence-electron chi connectivity index (χ2n) is 6.98. The number of hydrogen-bond donors (Lipinski definition) is 2. The minimum atomic E-state index is -4.29. The fraction of sp³-hybridized carbons (Fsp3) is 0.632. The van der Waals surface area contributed by atoms with Crippen molar-refractivity contribution in [2.45, 2.75) is 32.2 Å². The lowest BCUT2D eigenvalue weighted by Gasteiger charge is -2.29. The van der Waals surface area contributed by atoms with Crippen molar-refractivity contribution in [3.63, 3.8) is 0 Å². The first-order valence-corrected chi connectivity index (χ1v) is 9.21. The third-order valence-electron chi connectivity index (χ3n) is 4.64. The molecule has 152 valence electrons. The molecule has 0 radical (unpaired) electrons. The highest BCUT2D eigenvalue weighted by molar-refractivity contribution is 5.79. The third-order valence-corrected chi connectivity index (χ3v) is 4.64. The monoisotopic (exact) mass is 386 g/mol. The number of hydrogen-bond acceptors (Lipinski definition) is 3. The van der Waals surface area contributed by atoms with Crippen LogP contribution in [0.2, 0.25) is 0 Å². The van der Waals surface area contributed by atoms with E-state index in [9.17, 15) is 13.2 Å². The van der Waals surface area contributed by atoms with Crippen molar-refractivity contribution >= 4 is 5.96 Å². The molecule has 0 amide bonds. The van der Waals surface area contributed by atoms with Crippen LogP contribution in [0.1, 0.15) is 24.0 Å². The molecular formula is C19H29F3N4O. The number of halogens is 3. The lowest BCUT2D eigenvalue weighted by atomic mass is 9.97. The predicted octanol–water partition coefficient (Wildman–Crippen LogP) is 2.77. The summed E-state index contributed by atoms with van der Waals surface area (Å²) >= 11 is 0. The summed E-state index contributed by atoms with van der Waals surface area (Å²) in [7, 11) is 3.89. The highest BCUT2D eigenvalue weighted by atomic mass is 19.4. The number of nitrogens with one attached hydrogen (secondary N) is 2. The van der Waals surface area contributed by atoms with Gasteiger partial charge in [0.25, 0.3) is 0 Å². The van der Waals surface area contributed by atoms with Gasteiger partial charge in [0.1, 0.15) is 6.61 Å². The van der Waals surface area contributed by atoms with Crippen LogP contribution in [0, 0.1) is 5.92 Å². The standard InChI is InChI=1S/C19H29F3N4O/c1-23-18(25-12-16-7-9-26(2)10-8-16)24-11-15-3-5-17(6-4-15)13-27-14-19(20,21)22/h3-6,16H,7-14H2,1-2H3,(H2,23,24,25). The van der Waals surface area contributed by atoms with Gasteiger partial charge in [-0.2, -0.15) is 13.2 Å². The van der Waals surface area contributed by atoms with E-state index in [2.05, 4.69) is 32.3 Å². The summed E-state index contributed by atoms with van der Waals surface area (Å²) < 4.78 is 40.9. The van der Waals surface area contributed by atoms with Gasteiger partial charge in [0, 0.05) is 20.1 Å². The first kappa shape index (κ1) is 21.5. The fourth-order valence-electron chi connectivity index (χ4n) is 2.95. The first-order valence-electron chi connectivity index (χ1n) is 9.21. The molecule has 1 aliphatic rings. The van der Waals surface area contributed by atoms with Crippen molar-refractivity contribution in [1.82, 2.24) is 15.5 Å². The van der Waals surface area contributed by atoms with Crippen LogP contribution in [-0.2, 0) is 17.9 Å². The van der Waals surface area contributed by atoms with Crippen LogP contribution >= 0.6 is 0 Å². The van der Waals surface area contributed by atoms with E-state index in [4.69, 9.17) is 0 Å². The van der Waals surface area contributed by atoms with Crippen LogP contribution in [0.5, 0.6) is 0 Å². The lowest BCUT2D eigenvalue weighted by Crippen LogP contribution is -2.42. The van der Waals surface area contributed by atoms with Gasteiger partial charge in [0.2, 0.25) is 0 Å². The van der Waals surface area contributed by atoms with E-state index in [0.717, 1.165) is 31.2 Å². The average Bonchev–Trinajstić information content (AvgIpc) is 2.63. The van der Waals surface area contributed by atoms with Gasteiger partial charge in [-0.1, -0.05) is 24.3 Å². The smallest absolute Gasteiger partial charge is 0.367 e. The van der Waals surface area contributed by atoms with Crippen molar-refractivity contribution in [3.05, 3.63) is 35.4 Å². The highest BCUT2D eigenvalue weighted by Crippen LogP contribution is 2.16. The van der Waals surface area contributed by atoms with E-state index >= 15 is 0 Å². The summed E-state index contributed by atoms with van der Waals surface area (Å²) in [6.07, 6.45) is -1.91. The van der Waals surface area contributed by atoms with Crippen molar-refractivity contribution in [3.8, 4) is 0 Å². The normalized spacial score (nSPS) is 17.1. The minimum Gasteiger partial charge on any atom is -0.367 e. The average molecular weight is 386 g/mol. The number of piperidine rings is 1. The van der Waals surface area contributed by atoms with Crippen LogP contribution in [-0.4, -0.2) is 57.4 Å². The molecule has 0 aliphatic carbocycles. The number of nitrogens with zero attached hydrogens (tertiary/aromatic N) is 2. The van der Waals surface area contributed by atoms with Crippen molar-refractivity contribution in [2.24, 2.45) is 10.9 Å². The number of likely N-dealkylation sites (tertiary alicyclic amines) is 1. The molecule has 27 heavy (non-hydrogen) atoms. The largest absolute Gasteiger partial charge is 0.411 e. The number of benzene rings is 1. The van der Waals surface area contributed by atoms with E-state index < -0.39 is 12.8 Å². The number of rotatable bonds is 7. The maximum absolute atomic E-state index is 12.1. The number of guanidine groups is 1. The molecule has 1 saturated heterocycles. The molecule has 2 rings (SSSR count). The van der Waals surface area contributed by atoms with E-state index in [1.807, 2.05) is 12.1 Å². The van der Waals surface area contributed by atoms with Gasteiger partial charge in [-0.25, -0.2) is 0 Å². The molecule has 0 aromatic heterocycles. The number of aliphatic imine (C=N–C) groups is 1. The van der Waals surface area contributed by atoms with Gasteiger partial charge < -0.3 is 20.3 Å². The van der Waals surface area contributed by atoms with Gasteiger partial charge >= 0.3 is 6.18 Å². The molecule has 5 nitrogen and oxygen atoms in total. The summed E-state index contributed by atoms with van der Waals surface area (Å²) in [4.78, 5) is 6.59. The van der Waals surface area contributed by atoms with E-state index in [1.54, 1.807) is 19.2 Å². The van der Waals surface area contributed by atoms with Crippen molar-refractivity contribution < 1.29 is 17.9 Å². The summed E-state index contributed by atoms with van der Waals surface area (Å²) in [5, 5.41) is 6.64. The van der Waals surface area contributed by atoms with E-state index in [0.29, 0.717) is 18.0 Å². The Bertz CT molecular complexity index is 582. The Hall–Kier alpha value is -1.80. The molecule has 0 saturated carbocycles. The second kappa shape index (κ2) is 10.5. The maximum Gasteiger partial charge on any atom is 0.411 e. The van der Waals surface area contributed by atoms with Gasteiger partial charge in [0.15, 0.2) is 5.96 Å². The highest BCUT2D eigenvalue weighted by Gasteiger charge is 2.27. The van der Waals surface area contributed by atoms with Crippen molar-refractivity contribution in [2.75, 3.05) is 40.3 Å². The zero-order valence-electron chi connectivity index (χ0n) is 16.0. The molecule has 1 aromatic rings. The molecule has 0 spiro atoms. The number of alkyl halides is 3. The summed E-state index contributed by atoms with van der Waals surface area (Å²) in [5.74, 6) is 1.42. The van der Waals surface area contributed by atoms with Crippen LogP contribution in [0.4, 0.5) is 13.2 Å². The molecule has 0 bridgehead atoms. The Labute approximate surface area is 159 Å². The molecule has 1 heterocycles. The van der Waals surface area contributed by atoms with E-state index in [1.165, 1.54) is 12.8 Å². The minimum absolute atomic E-state index is 0.0486. The zero-order valence-corrected chi connectivity index (χ0v) is 16.0. The molecule has 0 atom stereocenters. The number of ether oxygens (including phenoxy) is 1. The Balaban J connectivity index is 1.69. The molecule has 0 unspecified atom stereocenters. The van der Waals surface area contributed by atoms with E-state index in [-0.39, 0.29) is 6.61 Å². The van der Waals surface area contributed by atoms with Crippen LogP contribution < -0.4 is 10.6 Å². The Kier molecular flexibility index (Phi) is 8.37. The summed E-state index contributed by atoms with van der Waals surface area (Å²) in [6.45, 7) is 2.50. The Morgan fingerprint density at radius 3 is 2.37 bits per heavy atom. The van der Waals surface area contributed by atoms with Crippen molar-refractivity contribution in [1.29, 1.82) is 0 Å². The second-order valence-corrected chi connectivity index (χ2v) is 6.98. The summed E-state index contributed by atoms with van der Waals surface area (Å²) in [6, 6.07) is 7.32.